The van der Waals surface area contributed by atoms with E-state index in [4.69, 9.17) is 0 Å². The SMILES string of the molecule is CN1c2ccc(F)cc2C(=O)CS1(=O)=O. The standard InChI is InChI=1S/C9H8FNO3S/c1-11-8-3-2-6(10)4-7(8)9(12)5-15(11,13)14/h2-4H,5H2,1H3. The van der Waals surface area contributed by atoms with E-state index in [1.807, 2.05) is 0 Å². The maximum absolute atomic E-state index is 12.9. The molecule has 6 heteroatoms. The van der Waals surface area contributed by atoms with Crippen LogP contribution < -0.4 is 4.31 Å². The van der Waals surface area contributed by atoms with Gasteiger partial charge in [0.25, 0.3) is 0 Å². The van der Waals surface area contributed by atoms with Gasteiger partial charge in [-0.25, -0.2) is 12.8 Å². The van der Waals surface area contributed by atoms with Crippen molar-refractivity contribution in [3.05, 3.63) is 29.6 Å². The fourth-order valence-corrected chi connectivity index (χ4v) is 2.64. The van der Waals surface area contributed by atoms with Crippen molar-refractivity contribution in [2.75, 3.05) is 17.1 Å². The molecule has 1 aromatic carbocycles. The smallest absolute Gasteiger partial charge is 0.242 e. The molecule has 1 aliphatic heterocycles. The van der Waals surface area contributed by atoms with Crippen LogP contribution in [0.15, 0.2) is 18.2 Å². The zero-order chi connectivity index (χ0) is 11.2. The lowest BCUT2D eigenvalue weighted by molar-refractivity contribution is 0.101. The van der Waals surface area contributed by atoms with E-state index in [0.717, 1.165) is 16.4 Å². The molecule has 1 aliphatic rings. The molecule has 0 spiro atoms. The Kier molecular flexibility index (Phi) is 2.04. The minimum Gasteiger partial charge on any atom is -0.293 e. The van der Waals surface area contributed by atoms with Crippen LogP contribution in [0.25, 0.3) is 0 Å². The van der Waals surface area contributed by atoms with Crippen LogP contribution in [0.2, 0.25) is 0 Å². The number of benzene rings is 1. The van der Waals surface area contributed by atoms with Crippen LogP contribution in [0.5, 0.6) is 0 Å². The van der Waals surface area contributed by atoms with Crippen LogP contribution in [0.4, 0.5) is 10.1 Å². The highest BCUT2D eigenvalue weighted by atomic mass is 32.2. The van der Waals surface area contributed by atoms with Gasteiger partial charge in [-0.15, -0.1) is 0 Å². The molecular formula is C9H8FNO3S. The molecule has 2 rings (SSSR count). The maximum atomic E-state index is 12.9. The number of nitrogens with zero attached hydrogens (tertiary/aromatic N) is 1. The van der Waals surface area contributed by atoms with Crippen molar-refractivity contribution < 1.29 is 17.6 Å². The van der Waals surface area contributed by atoms with E-state index in [1.165, 1.54) is 13.1 Å². The van der Waals surface area contributed by atoms with Gasteiger partial charge >= 0.3 is 0 Å². The highest BCUT2D eigenvalue weighted by molar-refractivity contribution is 7.93. The lowest BCUT2D eigenvalue weighted by Crippen LogP contribution is -2.37. The van der Waals surface area contributed by atoms with Crippen LogP contribution in [-0.2, 0) is 10.0 Å². The Morgan fingerprint density at radius 1 is 1.40 bits per heavy atom. The van der Waals surface area contributed by atoms with Gasteiger partial charge in [-0.2, -0.15) is 0 Å². The maximum Gasteiger partial charge on any atom is 0.242 e. The van der Waals surface area contributed by atoms with E-state index >= 15 is 0 Å². The fourth-order valence-electron chi connectivity index (χ4n) is 1.50. The lowest BCUT2D eigenvalue weighted by atomic mass is 10.1. The summed E-state index contributed by atoms with van der Waals surface area (Å²) in [5, 5.41) is 0. The number of rotatable bonds is 0. The molecule has 0 fully saturated rings. The minimum atomic E-state index is -3.58. The van der Waals surface area contributed by atoms with Crippen molar-refractivity contribution in [1.29, 1.82) is 0 Å². The van der Waals surface area contributed by atoms with Gasteiger partial charge in [-0.3, -0.25) is 9.10 Å². The van der Waals surface area contributed by atoms with Crippen molar-refractivity contribution in [1.82, 2.24) is 0 Å². The number of fused-ring (bicyclic) bond motifs is 1. The minimum absolute atomic E-state index is 0.118. The molecule has 0 N–H and O–H groups in total. The first-order valence-corrected chi connectivity index (χ1v) is 5.82. The van der Waals surface area contributed by atoms with Gasteiger partial charge in [0, 0.05) is 12.6 Å². The molecule has 0 aromatic heterocycles. The van der Waals surface area contributed by atoms with E-state index in [9.17, 15) is 17.6 Å². The Labute approximate surface area is 86.4 Å². The Morgan fingerprint density at radius 2 is 2.07 bits per heavy atom. The summed E-state index contributed by atoms with van der Waals surface area (Å²) in [6, 6.07) is 3.48. The summed E-state index contributed by atoms with van der Waals surface area (Å²) >= 11 is 0. The summed E-state index contributed by atoms with van der Waals surface area (Å²) in [7, 11) is -2.23. The quantitative estimate of drug-likeness (QED) is 0.660. The predicted molar refractivity (Wildman–Crippen MR) is 52.9 cm³/mol. The number of halogens is 1. The Bertz CT molecular complexity index is 538. The van der Waals surface area contributed by atoms with Crippen molar-refractivity contribution in [2.24, 2.45) is 0 Å². The molecule has 0 atom stereocenters. The zero-order valence-electron chi connectivity index (χ0n) is 7.90. The number of hydrogen-bond acceptors (Lipinski definition) is 3. The second-order valence-electron chi connectivity index (χ2n) is 3.31. The first-order valence-electron chi connectivity index (χ1n) is 4.21. The Balaban J connectivity index is 2.69. The Morgan fingerprint density at radius 3 is 2.73 bits per heavy atom. The first kappa shape index (κ1) is 10.1. The van der Waals surface area contributed by atoms with Crippen molar-refractivity contribution in [3.8, 4) is 0 Å². The molecular weight excluding hydrogens is 221 g/mol. The zero-order valence-corrected chi connectivity index (χ0v) is 8.71. The first-order chi connectivity index (χ1) is 6.92. The summed E-state index contributed by atoms with van der Waals surface area (Å²) in [6.45, 7) is 0. The summed E-state index contributed by atoms with van der Waals surface area (Å²) in [4.78, 5) is 11.4. The van der Waals surface area contributed by atoms with Gasteiger partial charge in [0.2, 0.25) is 10.0 Å². The summed E-state index contributed by atoms with van der Waals surface area (Å²) in [5.41, 5.74) is 0.347. The molecule has 0 radical (unpaired) electrons. The van der Waals surface area contributed by atoms with E-state index in [-0.39, 0.29) is 11.3 Å². The van der Waals surface area contributed by atoms with Gasteiger partial charge in [0.1, 0.15) is 11.6 Å². The van der Waals surface area contributed by atoms with Crippen molar-refractivity contribution in [3.63, 3.8) is 0 Å². The van der Waals surface area contributed by atoms with Gasteiger partial charge < -0.3 is 0 Å². The number of anilines is 1. The molecule has 15 heavy (non-hydrogen) atoms. The average Bonchev–Trinajstić information content (AvgIpc) is 2.14. The molecule has 80 valence electrons. The predicted octanol–water partition coefficient (Wildman–Crippen LogP) is 0.788. The van der Waals surface area contributed by atoms with Gasteiger partial charge in [-0.05, 0) is 18.2 Å². The molecule has 1 aromatic rings. The van der Waals surface area contributed by atoms with Crippen molar-refractivity contribution in [2.45, 2.75) is 0 Å². The third-order valence-electron chi connectivity index (χ3n) is 2.33. The number of carbonyl (C=O) groups is 1. The van der Waals surface area contributed by atoms with E-state index in [1.54, 1.807) is 0 Å². The molecule has 0 amide bonds. The van der Waals surface area contributed by atoms with Gasteiger partial charge in [-0.1, -0.05) is 0 Å². The number of hydrogen-bond donors (Lipinski definition) is 0. The van der Waals surface area contributed by atoms with Gasteiger partial charge in [0.15, 0.2) is 5.78 Å². The second kappa shape index (κ2) is 3.03. The number of sulfonamides is 1. The molecule has 0 saturated carbocycles. The summed E-state index contributed by atoms with van der Waals surface area (Å²) in [6.07, 6.45) is 0. The fraction of sp³-hybridized carbons (Fsp3) is 0.222. The molecule has 4 nitrogen and oxygen atoms in total. The normalized spacial score (nSPS) is 18.8. The van der Waals surface area contributed by atoms with Crippen LogP contribution in [0.3, 0.4) is 0 Å². The molecule has 0 bridgehead atoms. The van der Waals surface area contributed by atoms with Crippen LogP contribution >= 0.6 is 0 Å². The van der Waals surface area contributed by atoms with Crippen LogP contribution in [0.1, 0.15) is 10.4 Å². The van der Waals surface area contributed by atoms with Crippen LogP contribution in [-0.4, -0.2) is 27.0 Å². The topological polar surface area (TPSA) is 54.5 Å². The summed E-state index contributed by atoms with van der Waals surface area (Å²) < 4.78 is 36.8. The number of ketones is 1. The van der Waals surface area contributed by atoms with Crippen molar-refractivity contribution >= 4 is 21.5 Å². The third kappa shape index (κ3) is 1.50. The van der Waals surface area contributed by atoms with Gasteiger partial charge in [0.05, 0.1) is 5.69 Å². The van der Waals surface area contributed by atoms with E-state index < -0.39 is 27.4 Å². The Hall–Kier alpha value is -1.43. The lowest BCUT2D eigenvalue weighted by Gasteiger charge is -2.25. The third-order valence-corrected chi connectivity index (χ3v) is 3.99. The summed E-state index contributed by atoms with van der Waals surface area (Å²) in [5.74, 6) is -1.71. The highest BCUT2D eigenvalue weighted by Crippen LogP contribution is 2.28. The second-order valence-corrected chi connectivity index (χ2v) is 5.31. The van der Waals surface area contributed by atoms with Crippen LogP contribution in [0, 0.1) is 5.82 Å². The number of Topliss-reactive ketones (excluding diaryl/α,β-unsaturated/α-hetero) is 1. The molecule has 0 saturated heterocycles. The molecule has 0 aliphatic carbocycles. The van der Waals surface area contributed by atoms with E-state index in [0.29, 0.717) is 0 Å². The average molecular weight is 229 g/mol. The monoisotopic (exact) mass is 229 g/mol. The molecule has 0 unspecified atom stereocenters. The van der Waals surface area contributed by atoms with E-state index in [2.05, 4.69) is 0 Å². The number of carbonyl (C=O) groups excluding carboxylic acids is 1. The molecule has 1 heterocycles. The largest absolute Gasteiger partial charge is 0.293 e. The highest BCUT2D eigenvalue weighted by Gasteiger charge is 2.32.